The summed E-state index contributed by atoms with van der Waals surface area (Å²) in [4.78, 5) is 0. The predicted octanol–water partition coefficient (Wildman–Crippen LogP) is 2.10. The van der Waals surface area contributed by atoms with Crippen LogP contribution in [0.25, 0.3) is 0 Å². The van der Waals surface area contributed by atoms with Crippen molar-refractivity contribution in [3.63, 3.8) is 0 Å². The maximum absolute atomic E-state index is 4.13. The Morgan fingerprint density at radius 3 is 3.00 bits per heavy atom. The SMILES string of the molecule is CSc1nnc(SCC2CCCN2)s1. The first-order valence-corrected chi connectivity index (χ1v) is 7.65. The van der Waals surface area contributed by atoms with Gasteiger partial charge in [0.05, 0.1) is 0 Å². The standard InChI is InChI=1S/C8H13N3S3/c1-12-7-10-11-8(14-7)13-5-6-3-2-4-9-6/h6,9H,2-5H2,1H3. The molecule has 0 amide bonds. The molecule has 1 atom stereocenters. The highest BCUT2D eigenvalue weighted by atomic mass is 32.2. The van der Waals surface area contributed by atoms with E-state index in [4.69, 9.17) is 0 Å². The Bertz CT molecular complexity index is 283. The Morgan fingerprint density at radius 2 is 2.36 bits per heavy atom. The summed E-state index contributed by atoms with van der Waals surface area (Å²) < 4.78 is 2.16. The number of hydrogen-bond acceptors (Lipinski definition) is 6. The zero-order chi connectivity index (χ0) is 9.80. The molecule has 3 nitrogen and oxygen atoms in total. The number of rotatable bonds is 4. The van der Waals surface area contributed by atoms with Crippen LogP contribution < -0.4 is 5.32 Å². The molecule has 78 valence electrons. The van der Waals surface area contributed by atoms with Crippen molar-refractivity contribution in [3.8, 4) is 0 Å². The first-order valence-electron chi connectivity index (χ1n) is 4.62. The van der Waals surface area contributed by atoms with Crippen LogP contribution >= 0.6 is 34.9 Å². The van der Waals surface area contributed by atoms with E-state index in [9.17, 15) is 0 Å². The Hall–Kier alpha value is 0.220. The van der Waals surface area contributed by atoms with Crippen LogP contribution in [0.4, 0.5) is 0 Å². The van der Waals surface area contributed by atoms with Crippen molar-refractivity contribution in [3.05, 3.63) is 0 Å². The van der Waals surface area contributed by atoms with Crippen molar-refractivity contribution < 1.29 is 0 Å². The lowest BCUT2D eigenvalue weighted by Gasteiger charge is -2.06. The van der Waals surface area contributed by atoms with Gasteiger partial charge in [-0.3, -0.25) is 0 Å². The van der Waals surface area contributed by atoms with Crippen LogP contribution in [0.3, 0.4) is 0 Å². The molecule has 1 N–H and O–H groups in total. The van der Waals surface area contributed by atoms with Gasteiger partial charge in [0, 0.05) is 11.8 Å². The molecule has 2 rings (SSSR count). The van der Waals surface area contributed by atoms with E-state index in [1.165, 1.54) is 19.4 Å². The lowest BCUT2D eigenvalue weighted by atomic mass is 10.3. The van der Waals surface area contributed by atoms with E-state index < -0.39 is 0 Å². The third-order valence-electron chi connectivity index (χ3n) is 2.13. The highest BCUT2D eigenvalue weighted by Gasteiger charge is 2.15. The molecule has 0 aliphatic carbocycles. The molecule has 0 aromatic carbocycles. The van der Waals surface area contributed by atoms with Gasteiger partial charge in [0.1, 0.15) is 0 Å². The first kappa shape index (κ1) is 10.7. The second-order valence-corrected chi connectivity index (χ2v) is 6.44. The van der Waals surface area contributed by atoms with Crippen LogP contribution in [0.2, 0.25) is 0 Å². The molecular formula is C8H13N3S3. The zero-order valence-electron chi connectivity index (χ0n) is 8.02. The summed E-state index contributed by atoms with van der Waals surface area (Å²) in [5, 5.41) is 11.7. The topological polar surface area (TPSA) is 37.8 Å². The molecule has 0 saturated carbocycles. The van der Waals surface area contributed by atoms with Crippen molar-refractivity contribution in [2.24, 2.45) is 0 Å². The molecular weight excluding hydrogens is 234 g/mol. The molecule has 1 unspecified atom stereocenters. The van der Waals surface area contributed by atoms with Crippen LogP contribution in [-0.2, 0) is 0 Å². The van der Waals surface area contributed by atoms with E-state index in [0.717, 1.165) is 14.4 Å². The van der Waals surface area contributed by atoms with Crippen molar-refractivity contribution in [2.45, 2.75) is 27.6 Å². The molecule has 1 aliphatic rings. The van der Waals surface area contributed by atoms with Crippen LogP contribution in [0, 0.1) is 0 Å². The third kappa shape index (κ3) is 2.85. The highest BCUT2D eigenvalue weighted by molar-refractivity contribution is 8.03. The summed E-state index contributed by atoms with van der Waals surface area (Å²) >= 11 is 5.18. The van der Waals surface area contributed by atoms with Gasteiger partial charge in [0.25, 0.3) is 0 Å². The van der Waals surface area contributed by atoms with Gasteiger partial charge < -0.3 is 5.32 Å². The quantitative estimate of drug-likeness (QED) is 0.825. The lowest BCUT2D eigenvalue weighted by Crippen LogP contribution is -2.23. The fraction of sp³-hybridized carbons (Fsp3) is 0.750. The molecule has 1 aromatic heterocycles. The molecule has 0 radical (unpaired) electrons. The van der Waals surface area contributed by atoms with E-state index in [0.29, 0.717) is 6.04 Å². The number of nitrogens with zero attached hydrogens (tertiary/aromatic N) is 2. The highest BCUT2D eigenvalue weighted by Crippen LogP contribution is 2.28. The number of aromatic nitrogens is 2. The second-order valence-electron chi connectivity index (χ2n) is 3.14. The summed E-state index contributed by atoms with van der Waals surface area (Å²) in [7, 11) is 0. The molecule has 0 bridgehead atoms. The third-order valence-corrected chi connectivity index (χ3v) is 5.33. The molecule has 1 saturated heterocycles. The van der Waals surface area contributed by atoms with Crippen molar-refractivity contribution >= 4 is 34.9 Å². The van der Waals surface area contributed by atoms with Gasteiger partial charge >= 0.3 is 0 Å². The summed E-state index contributed by atoms with van der Waals surface area (Å²) in [6, 6.07) is 0.682. The molecule has 6 heteroatoms. The fourth-order valence-electron chi connectivity index (χ4n) is 1.41. The Morgan fingerprint density at radius 1 is 1.50 bits per heavy atom. The molecule has 14 heavy (non-hydrogen) atoms. The lowest BCUT2D eigenvalue weighted by molar-refractivity contribution is 0.674. The molecule has 1 fully saturated rings. The average molecular weight is 247 g/mol. The first-order chi connectivity index (χ1) is 6.88. The maximum Gasteiger partial charge on any atom is 0.175 e. The summed E-state index contributed by atoms with van der Waals surface area (Å²) in [5.41, 5.74) is 0. The zero-order valence-corrected chi connectivity index (χ0v) is 10.5. The number of hydrogen-bond donors (Lipinski definition) is 1. The van der Waals surface area contributed by atoms with Crippen LogP contribution in [0.1, 0.15) is 12.8 Å². The van der Waals surface area contributed by atoms with Crippen LogP contribution in [0.15, 0.2) is 8.68 Å². The van der Waals surface area contributed by atoms with Gasteiger partial charge in [-0.2, -0.15) is 0 Å². The Kier molecular flexibility index (Phi) is 4.10. The van der Waals surface area contributed by atoms with Gasteiger partial charge in [-0.05, 0) is 25.6 Å². The average Bonchev–Trinajstić information content (AvgIpc) is 2.86. The van der Waals surface area contributed by atoms with Crippen LogP contribution in [-0.4, -0.2) is 34.8 Å². The smallest absolute Gasteiger partial charge is 0.175 e. The minimum absolute atomic E-state index is 0.682. The van der Waals surface area contributed by atoms with E-state index in [1.807, 2.05) is 18.0 Å². The van der Waals surface area contributed by atoms with E-state index in [-0.39, 0.29) is 0 Å². The monoisotopic (exact) mass is 247 g/mol. The minimum Gasteiger partial charge on any atom is -0.313 e. The second kappa shape index (κ2) is 5.34. The number of thioether (sulfide) groups is 2. The number of nitrogens with one attached hydrogen (secondary N) is 1. The maximum atomic E-state index is 4.13. The van der Waals surface area contributed by atoms with Crippen molar-refractivity contribution in [1.29, 1.82) is 0 Å². The molecule has 2 heterocycles. The molecule has 0 spiro atoms. The van der Waals surface area contributed by atoms with Gasteiger partial charge in [0.15, 0.2) is 8.68 Å². The van der Waals surface area contributed by atoms with Gasteiger partial charge in [-0.1, -0.05) is 34.9 Å². The van der Waals surface area contributed by atoms with E-state index >= 15 is 0 Å². The predicted molar refractivity (Wildman–Crippen MR) is 63.4 cm³/mol. The van der Waals surface area contributed by atoms with E-state index in [2.05, 4.69) is 15.5 Å². The van der Waals surface area contributed by atoms with Gasteiger partial charge in [0.2, 0.25) is 0 Å². The normalized spacial score (nSPS) is 21.6. The summed E-state index contributed by atoms with van der Waals surface area (Å²) in [6.07, 6.45) is 4.66. The van der Waals surface area contributed by atoms with Crippen LogP contribution in [0.5, 0.6) is 0 Å². The molecule has 1 aliphatic heterocycles. The van der Waals surface area contributed by atoms with E-state index in [1.54, 1.807) is 23.1 Å². The fourth-order valence-corrected chi connectivity index (χ4v) is 3.98. The van der Waals surface area contributed by atoms with Crippen molar-refractivity contribution in [2.75, 3.05) is 18.6 Å². The largest absolute Gasteiger partial charge is 0.313 e. The molecule has 1 aromatic rings. The minimum atomic E-state index is 0.682. The van der Waals surface area contributed by atoms with Crippen molar-refractivity contribution in [1.82, 2.24) is 15.5 Å². The van der Waals surface area contributed by atoms with Gasteiger partial charge in [-0.15, -0.1) is 10.2 Å². The Labute approximate surface area is 96.5 Å². The Balaban J connectivity index is 1.79. The summed E-state index contributed by atoms with van der Waals surface area (Å²) in [5.74, 6) is 1.13. The van der Waals surface area contributed by atoms with Gasteiger partial charge in [-0.25, -0.2) is 0 Å². The summed E-state index contributed by atoms with van der Waals surface area (Å²) in [6.45, 7) is 1.18.